The normalized spacial score (nSPS) is 10.2. The number of carboxylic acids is 1. The monoisotopic (exact) mass is 276 g/mol. The molecule has 0 bridgehead atoms. The van der Waals surface area contributed by atoms with Crippen LogP contribution in [0.1, 0.15) is 15.9 Å². The number of nitrogen functional groups attached to an aromatic ring is 1. The van der Waals surface area contributed by atoms with Gasteiger partial charge in [0, 0.05) is 0 Å². The van der Waals surface area contributed by atoms with Crippen molar-refractivity contribution in [1.29, 1.82) is 0 Å². The molecular weight excluding hydrogens is 264 g/mol. The van der Waals surface area contributed by atoms with Gasteiger partial charge in [-0.15, -0.1) is 0 Å². The summed E-state index contributed by atoms with van der Waals surface area (Å²) in [5, 5.41) is 12.6. The summed E-state index contributed by atoms with van der Waals surface area (Å²) in [6.45, 7) is 1.94. The Balaban J connectivity index is 2.38. The van der Waals surface area contributed by atoms with Crippen LogP contribution in [0.2, 0.25) is 5.02 Å². The second-order valence-electron chi connectivity index (χ2n) is 4.18. The molecular formula is C14H13ClN2O2. The van der Waals surface area contributed by atoms with Crippen LogP contribution in [0, 0.1) is 6.92 Å². The van der Waals surface area contributed by atoms with Gasteiger partial charge >= 0.3 is 5.97 Å². The molecule has 0 aliphatic rings. The van der Waals surface area contributed by atoms with Gasteiger partial charge < -0.3 is 16.2 Å². The first-order valence-electron chi connectivity index (χ1n) is 5.64. The van der Waals surface area contributed by atoms with Crippen molar-refractivity contribution < 1.29 is 9.90 Å². The largest absolute Gasteiger partial charge is 0.478 e. The molecule has 5 heteroatoms. The molecule has 2 aromatic carbocycles. The summed E-state index contributed by atoms with van der Waals surface area (Å²) >= 11 is 6.11. The third-order valence-corrected chi connectivity index (χ3v) is 3.04. The van der Waals surface area contributed by atoms with E-state index in [0.717, 1.165) is 5.56 Å². The number of aryl methyl sites for hydroxylation is 1. The van der Waals surface area contributed by atoms with E-state index in [4.69, 9.17) is 22.4 Å². The minimum atomic E-state index is -1.06. The number of para-hydroxylation sites is 1. The summed E-state index contributed by atoms with van der Waals surface area (Å²) in [7, 11) is 0. The molecule has 0 amide bonds. The molecule has 4 nitrogen and oxygen atoms in total. The molecule has 4 N–H and O–H groups in total. The van der Waals surface area contributed by atoms with Crippen molar-refractivity contribution >= 4 is 34.6 Å². The highest BCUT2D eigenvalue weighted by Crippen LogP contribution is 2.30. The molecule has 0 saturated carbocycles. The number of benzene rings is 2. The Bertz CT molecular complexity index is 641. The SMILES string of the molecule is Cc1ccc(Nc2cccc(C(=O)O)c2N)c(Cl)c1. The number of aromatic carboxylic acids is 1. The van der Waals surface area contributed by atoms with E-state index < -0.39 is 5.97 Å². The predicted molar refractivity (Wildman–Crippen MR) is 77.3 cm³/mol. The van der Waals surface area contributed by atoms with Crippen LogP contribution in [0.25, 0.3) is 0 Å². The van der Waals surface area contributed by atoms with Crippen molar-refractivity contribution in [2.75, 3.05) is 11.1 Å². The molecule has 0 fully saturated rings. The molecule has 0 aliphatic heterocycles. The minimum Gasteiger partial charge on any atom is -0.478 e. The first kappa shape index (κ1) is 13.2. The lowest BCUT2D eigenvalue weighted by atomic mass is 10.1. The van der Waals surface area contributed by atoms with E-state index in [1.165, 1.54) is 6.07 Å². The number of carboxylic acid groups (broad SMARTS) is 1. The maximum absolute atomic E-state index is 11.0. The third kappa shape index (κ3) is 2.80. The molecule has 0 heterocycles. The van der Waals surface area contributed by atoms with E-state index >= 15 is 0 Å². The molecule has 0 radical (unpaired) electrons. The summed E-state index contributed by atoms with van der Waals surface area (Å²) in [5.41, 5.74) is 8.32. The molecule has 0 saturated heterocycles. The highest BCUT2D eigenvalue weighted by molar-refractivity contribution is 6.33. The van der Waals surface area contributed by atoms with Crippen molar-refractivity contribution in [3.05, 3.63) is 52.5 Å². The Morgan fingerprint density at radius 3 is 2.63 bits per heavy atom. The zero-order valence-electron chi connectivity index (χ0n) is 10.3. The standard InChI is InChI=1S/C14H13ClN2O2/c1-8-5-6-11(10(15)7-8)17-12-4-2-3-9(13(12)16)14(18)19/h2-7,17H,16H2,1H3,(H,18,19). The van der Waals surface area contributed by atoms with Gasteiger partial charge in [0.2, 0.25) is 0 Å². The van der Waals surface area contributed by atoms with Gasteiger partial charge in [0.1, 0.15) is 0 Å². The number of nitrogens with two attached hydrogens (primary N) is 1. The van der Waals surface area contributed by atoms with E-state index in [1.54, 1.807) is 12.1 Å². The van der Waals surface area contributed by atoms with Crippen LogP contribution in [-0.4, -0.2) is 11.1 Å². The number of anilines is 3. The second-order valence-corrected chi connectivity index (χ2v) is 4.59. The Morgan fingerprint density at radius 2 is 2.00 bits per heavy atom. The first-order valence-corrected chi connectivity index (χ1v) is 6.02. The highest BCUT2D eigenvalue weighted by Gasteiger charge is 2.11. The van der Waals surface area contributed by atoms with Crippen molar-refractivity contribution in [3.63, 3.8) is 0 Å². The zero-order chi connectivity index (χ0) is 14.0. The number of halogens is 1. The molecule has 2 rings (SSSR count). The van der Waals surface area contributed by atoms with Crippen LogP contribution in [-0.2, 0) is 0 Å². The molecule has 2 aromatic rings. The van der Waals surface area contributed by atoms with Crippen molar-refractivity contribution in [1.82, 2.24) is 0 Å². The summed E-state index contributed by atoms with van der Waals surface area (Å²) in [5.74, 6) is -1.06. The smallest absolute Gasteiger partial charge is 0.337 e. The van der Waals surface area contributed by atoms with Crippen molar-refractivity contribution in [2.24, 2.45) is 0 Å². The van der Waals surface area contributed by atoms with Gasteiger partial charge in [0.15, 0.2) is 0 Å². The van der Waals surface area contributed by atoms with Gasteiger partial charge in [-0.2, -0.15) is 0 Å². The fourth-order valence-electron chi connectivity index (χ4n) is 1.73. The van der Waals surface area contributed by atoms with Crippen molar-refractivity contribution in [2.45, 2.75) is 6.92 Å². The summed E-state index contributed by atoms with van der Waals surface area (Å²) in [4.78, 5) is 11.0. The lowest BCUT2D eigenvalue weighted by Crippen LogP contribution is -2.05. The topological polar surface area (TPSA) is 75.3 Å². The van der Waals surface area contributed by atoms with E-state index in [9.17, 15) is 4.79 Å². The summed E-state index contributed by atoms with van der Waals surface area (Å²) in [6, 6.07) is 10.3. The number of hydrogen-bond acceptors (Lipinski definition) is 3. The number of carbonyl (C=O) groups is 1. The van der Waals surface area contributed by atoms with Crippen molar-refractivity contribution in [3.8, 4) is 0 Å². The third-order valence-electron chi connectivity index (χ3n) is 2.73. The van der Waals surface area contributed by atoms with E-state index in [0.29, 0.717) is 16.4 Å². The Morgan fingerprint density at radius 1 is 1.26 bits per heavy atom. The number of hydrogen-bond donors (Lipinski definition) is 3. The molecule has 19 heavy (non-hydrogen) atoms. The summed E-state index contributed by atoms with van der Waals surface area (Å²) in [6.07, 6.45) is 0. The van der Waals surface area contributed by atoms with Gasteiger partial charge in [-0.3, -0.25) is 0 Å². The average Bonchev–Trinajstić information content (AvgIpc) is 2.34. The van der Waals surface area contributed by atoms with Crippen LogP contribution in [0.4, 0.5) is 17.1 Å². The molecule has 0 atom stereocenters. The Hall–Kier alpha value is -2.20. The quantitative estimate of drug-likeness (QED) is 0.748. The van der Waals surface area contributed by atoms with Crippen LogP contribution < -0.4 is 11.1 Å². The first-order chi connectivity index (χ1) is 8.99. The number of nitrogens with one attached hydrogen (secondary N) is 1. The predicted octanol–water partition coefficient (Wildman–Crippen LogP) is 3.67. The van der Waals surface area contributed by atoms with Crippen LogP contribution in [0.15, 0.2) is 36.4 Å². The highest BCUT2D eigenvalue weighted by atomic mass is 35.5. The molecule has 0 unspecified atom stereocenters. The van der Waals surface area contributed by atoms with E-state index in [2.05, 4.69) is 5.32 Å². The lowest BCUT2D eigenvalue weighted by molar-refractivity contribution is 0.0698. The zero-order valence-corrected chi connectivity index (χ0v) is 11.0. The van der Waals surface area contributed by atoms with Gasteiger partial charge in [-0.1, -0.05) is 23.7 Å². The van der Waals surface area contributed by atoms with Gasteiger partial charge in [0.25, 0.3) is 0 Å². The maximum Gasteiger partial charge on any atom is 0.337 e. The number of rotatable bonds is 3. The lowest BCUT2D eigenvalue weighted by Gasteiger charge is -2.12. The fourth-order valence-corrected chi connectivity index (χ4v) is 2.01. The summed E-state index contributed by atoms with van der Waals surface area (Å²) < 4.78 is 0. The minimum absolute atomic E-state index is 0.0632. The maximum atomic E-state index is 11.0. The molecule has 0 spiro atoms. The molecule has 98 valence electrons. The Labute approximate surface area is 115 Å². The fraction of sp³-hybridized carbons (Fsp3) is 0.0714. The van der Waals surface area contributed by atoms with E-state index in [-0.39, 0.29) is 11.3 Å². The second kappa shape index (κ2) is 5.20. The van der Waals surface area contributed by atoms with Crippen LogP contribution in [0.5, 0.6) is 0 Å². The van der Waals surface area contributed by atoms with Gasteiger partial charge in [-0.25, -0.2) is 4.79 Å². The molecule has 0 aromatic heterocycles. The van der Waals surface area contributed by atoms with Gasteiger partial charge in [-0.05, 0) is 36.8 Å². The van der Waals surface area contributed by atoms with E-state index in [1.807, 2.05) is 25.1 Å². The van der Waals surface area contributed by atoms with Crippen LogP contribution >= 0.6 is 11.6 Å². The molecule has 0 aliphatic carbocycles. The Kier molecular flexibility index (Phi) is 3.62. The van der Waals surface area contributed by atoms with Gasteiger partial charge in [0.05, 0.1) is 27.6 Å². The average molecular weight is 277 g/mol. The van der Waals surface area contributed by atoms with Crippen LogP contribution in [0.3, 0.4) is 0 Å².